The van der Waals surface area contributed by atoms with Crippen molar-refractivity contribution in [1.29, 1.82) is 0 Å². The molecule has 0 aromatic heterocycles. The Labute approximate surface area is 169 Å². The summed E-state index contributed by atoms with van der Waals surface area (Å²) in [5, 5.41) is 2.59. The van der Waals surface area contributed by atoms with E-state index in [1.807, 2.05) is 0 Å². The van der Waals surface area contributed by atoms with Gasteiger partial charge in [0.05, 0.1) is 6.61 Å². The first-order valence-corrected chi connectivity index (χ1v) is 11.0. The maximum atomic E-state index is 12.7. The first kappa shape index (κ1) is 23.7. The number of hydrogen-bond acceptors (Lipinski definition) is 9. The fraction of sp³-hybridized carbons (Fsp3) is 0.778. The lowest BCUT2D eigenvalue weighted by molar-refractivity contribution is -0.163. The Hall–Kier alpha value is -1.61. The highest BCUT2D eigenvalue weighted by Crippen LogP contribution is 2.57. The third-order valence-corrected chi connectivity index (χ3v) is 6.43. The van der Waals surface area contributed by atoms with Crippen molar-refractivity contribution in [2.75, 3.05) is 19.9 Å². The van der Waals surface area contributed by atoms with Gasteiger partial charge in [-0.3, -0.25) is 28.2 Å². The van der Waals surface area contributed by atoms with Crippen molar-refractivity contribution in [3.63, 3.8) is 0 Å². The van der Waals surface area contributed by atoms with Crippen LogP contribution in [0.5, 0.6) is 0 Å². The topological polar surface area (TPSA) is 134 Å². The van der Waals surface area contributed by atoms with Gasteiger partial charge in [-0.25, -0.2) is 9.09 Å². The summed E-state index contributed by atoms with van der Waals surface area (Å²) in [6.45, 7) is 5.74. The zero-order chi connectivity index (χ0) is 21.9. The zero-order valence-corrected chi connectivity index (χ0v) is 18.0. The third-order valence-electron chi connectivity index (χ3n) is 5.09. The van der Waals surface area contributed by atoms with E-state index >= 15 is 0 Å². The lowest BCUT2D eigenvalue weighted by Crippen LogP contribution is -2.50. The van der Waals surface area contributed by atoms with E-state index in [1.54, 1.807) is 20.8 Å². The molecule has 1 saturated carbocycles. The molecule has 2 fully saturated rings. The Morgan fingerprint density at radius 3 is 2.41 bits per heavy atom. The number of phosphoric acid groups is 1. The largest absolute Gasteiger partial charge is 0.478 e. The highest BCUT2D eigenvalue weighted by atomic mass is 31.2. The van der Waals surface area contributed by atoms with Gasteiger partial charge in [0, 0.05) is 24.8 Å². The van der Waals surface area contributed by atoms with Crippen LogP contribution in [-0.4, -0.2) is 49.5 Å². The predicted molar refractivity (Wildman–Crippen MR) is 99.5 cm³/mol. The smallest absolute Gasteiger partial charge is 0.437 e. The highest BCUT2D eigenvalue weighted by molar-refractivity contribution is 7.48. The molecule has 0 aromatic rings. The van der Waals surface area contributed by atoms with Crippen LogP contribution in [0.4, 0.5) is 0 Å². The van der Waals surface area contributed by atoms with Gasteiger partial charge in [-0.2, -0.15) is 0 Å². The number of phosphoric ester groups is 1. The van der Waals surface area contributed by atoms with Crippen LogP contribution in [0.1, 0.15) is 53.4 Å². The molecule has 2 rings (SSSR count). The van der Waals surface area contributed by atoms with Crippen molar-refractivity contribution in [3.8, 4) is 0 Å². The van der Waals surface area contributed by atoms with Crippen LogP contribution < -0.4 is 5.32 Å². The summed E-state index contributed by atoms with van der Waals surface area (Å²) in [6.07, 6.45) is 0.225. The third kappa shape index (κ3) is 5.72. The lowest BCUT2D eigenvalue weighted by atomic mass is 9.87. The van der Waals surface area contributed by atoms with Gasteiger partial charge >= 0.3 is 13.8 Å². The Morgan fingerprint density at radius 1 is 1.21 bits per heavy atom. The molecule has 1 heterocycles. The van der Waals surface area contributed by atoms with Crippen molar-refractivity contribution >= 4 is 31.3 Å². The quantitative estimate of drug-likeness (QED) is 0.237. The number of carbonyl (C=O) groups excluding carboxylic acids is 4. The molecule has 1 unspecified atom stereocenters. The molecule has 1 aliphatic carbocycles. The number of ketones is 2. The number of Topliss-reactive ketones (excluding diaryl/α,β-unsaturated/α-hetero) is 2. The van der Waals surface area contributed by atoms with Gasteiger partial charge in [0.15, 0.2) is 6.10 Å². The number of ether oxygens (including phenoxy) is 1. The van der Waals surface area contributed by atoms with E-state index in [4.69, 9.17) is 18.3 Å². The summed E-state index contributed by atoms with van der Waals surface area (Å²) in [5.41, 5.74) is -1.94. The van der Waals surface area contributed by atoms with Crippen molar-refractivity contribution in [2.45, 2.75) is 59.5 Å². The van der Waals surface area contributed by atoms with E-state index in [2.05, 4.69) is 5.32 Å². The standard InChI is InChI=1S/C18H28NO9P/c1-5-13(21)6-9-19-15(22)14-17(3,4)10-26-29(24,28-14)27-11-25-16(23)18(7-8-18)12(2)20/h14H,5-11H2,1-4H3,(H,19,22)/t14-,29?/m0/s1. The van der Waals surface area contributed by atoms with Crippen LogP contribution in [0.15, 0.2) is 0 Å². The van der Waals surface area contributed by atoms with Crippen LogP contribution in [0.25, 0.3) is 0 Å². The summed E-state index contributed by atoms with van der Waals surface area (Å²) < 4.78 is 33.1. The molecule has 10 nitrogen and oxygen atoms in total. The zero-order valence-electron chi connectivity index (χ0n) is 17.1. The van der Waals surface area contributed by atoms with Gasteiger partial charge in [-0.05, 0) is 19.8 Å². The number of esters is 1. The first-order valence-electron chi connectivity index (χ1n) is 9.51. The summed E-state index contributed by atoms with van der Waals surface area (Å²) in [7, 11) is -4.16. The lowest BCUT2D eigenvalue weighted by Gasteiger charge is -2.39. The van der Waals surface area contributed by atoms with Crippen molar-refractivity contribution in [1.82, 2.24) is 5.32 Å². The Bertz CT molecular complexity index is 729. The molecule has 29 heavy (non-hydrogen) atoms. The van der Waals surface area contributed by atoms with E-state index in [9.17, 15) is 23.7 Å². The monoisotopic (exact) mass is 433 g/mol. The van der Waals surface area contributed by atoms with Crippen LogP contribution in [0.2, 0.25) is 0 Å². The molecule has 1 saturated heterocycles. The second-order valence-corrected chi connectivity index (χ2v) is 9.57. The molecular formula is C18H28NO9P. The second-order valence-electron chi connectivity index (χ2n) is 7.94. The van der Waals surface area contributed by atoms with E-state index in [0.717, 1.165) is 0 Å². The summed E-state index contributed by atoms with van der Waals surface area (Å²) in [6, 6.07) is 0. The second kappa shape index (κ2) is 9.04. The van der Waals surface area contributed by atoms with E-state index in [0.29, 0.717) is 19.3 Å². The molecule has 1 aliphatic heterocycles. The molecule has 1 amide bonds. The number of carbonyl (C=O) groups is 4. The molecule has 0 bridgehead atoms. The molecule has 1 N–H and O–H groups in total. The minimum Gasteiger partial charge on any atom is -0.437 e. The van der Waals surface area contributed by atoms with Crippen LogP contribution in [-0.2, 0) is 42.1 Å². The molecule has 11 heteroatoms. The fourth-order valence-electron chi connectivity index (χ4n) is 2.80. The molecule has 2 atom stereocenters. The summed E-state index contributed by atoms with van der Waals surface area (Å²) >= 11 is 0. The number of rotatable bonds is 10. The Morgan fingerprint density at radius 2 is 1.86 bits per heavy atom. The molecular weight excluding hydrogens is 405 g/mol. The fourth-order valence-corrected chi connectivity index (χ4v) is 4.30. The average molecular weight is 433 g/mol. The van der Waals surface area contributed by atoms with Gasteiger partial charge in [-0.1, -0.05) is 20.8 Å². The van der Waals surface area contributed by atoms with Crippen molar-refractivity contribution in [3.05, 3.63) is 0 Å². The first-order chi connectivity index (χ1) is 13.5. The van der Waals surface area contributed by atoms with Crippen LogP contribution in [0, 0.1) is 10.8 Å². The molecule has 164 valence electrons. The minimum absolute atomic E-state index is 0.00673. The Balaban J connectivity index is 1.90. The van der Waals surface area contributed by atoms with Crippen LogP contribution in [0.3, 0.4) is 0 Å². The summed E-state index contributed by atoms with van der Waals surface area (Å²) in [5.74, 6) is -1.58. The minimum atomic E-state index is -4.16. The van der Waals surface area contributed by atoms with Gasteiger partial charge in [-0.15, -0.1) is 0 Å². The van der Waals surface area contributed by atoms with Gasteiger partial charge < -0.3 is 10.1 Å². The number of nitrogens with one attached hydrogen (secondary N) is 1. The summed E-state index contributed by atoms with van der Waals surface area (Å²) in [4.78, 5) is 47.4. The van der Waals surface area contributed by atoms with Gasteiger partial charge in [0.1, 0.15) is 17.0 Å². The molecule has 0 aromatic carbocycles. The number of amides is 1. The molecule has 2 aliphatic rings. The average Bonchev–Trinajstić information content (AvgIpc) is 3.46. The SMILES string of the molecule is CCC(=O)CCNC(=O)[C@@H]1OP(=O)(OCOC(=O)C2(C(C)=O)CC2)OCC1(C)C. The van der Waals surface area contributed by atoms with E-state index in [1.165, 1.54) is 6.92 Å². The number of hydrogen-bond donors (Lipinski definition) is 1. The molecule has 0 spiro atoms. The van der Waals surface area contributed by atoms with Crippen molar-refractivity contribution in [2.24, 2.45) is 10.8 Å². The highest BCUT2D eigenvalue weighted by Gasteiger charge is 2.56. The molecule has 0 radical (unpaired) electrons. The maximum Gasteiger partial charge on any atom is 0.478 e. The van der Waals surface area contributed by atoms with Crippen LogP contribution >= 0.6 is 7.82 Å². The van der Waals surface area contributed by atoms with Gasteiger partial charge in [0.2, 0.25) is 12.7 Å². The predicted octanol–water partition coefficient (Wildman–Crippen LogP) is 1.91. The normalized spacial score (nSPS) is 27.0. The Kier molecular flexibility index (Phi) is 7.37. The van der Waals surface area contributed by atoms with Crippen molar-refractivity contribution < 1.29 is 42.1 Å². The van der Waals surface area contributed by atoms with E-state index < -0.39 is 43.4 Å². The maximum absolute atomic E-state index is 12.7. The van der Waals surface area contributed by atoms with E-state index in [-0.39, 0.29) is 31.1 Å². The van der Waals surface area contributed by atoms with Gasteiger partial charge in [0.25, 0.3) is 0 Å².